The van der Waals surface area contributed by atoms with Gasteiger partial charge in [-0.25, -0.2) is 0 Å². The molecule has 1 aliphatic heterocycles. The van der Waals surface area contributed by atoms with Gasteiger partial charge in [0.1, 0.15) is 5.01 Å². The van der Waals surface area contributed by atoms with E-state index in [2.05, 4.69) is 28.5 Å². The van der Waals surface area contributed by atoms with Gasteiger partial charge in [-0.05, 0) is 24.0 Å². The van der Waals surface area contributed by atoms with E-state index in [9.17, 15) is 9.59 Å². The number of anilines is 1. The van der Waals surface area contributed by atoms with Crippen LogP contribution < -0.4 is 5.32 Å². The van der Waals surface area contributed by atoms with Crippen molar-refractivity contribution in [3.8, 4) is 0 Å². The molecule has 1 aromatic heterocycles. The van der Waals surface area contributed by atoms with E-state index >= 15 is 0 Å². The van der Waals surface area contributed by atoms with Gasteiger partial charge in [0.2, 0.25) is 16.9 Å². The first-order valence-corrected chi connectivity index (χ1v) is 9.87. The van der Waals surface area contributed by atoms with Crippen LogP contribution in [0.25, 0.3) is 0 Å². The van der Waals surface area contributed by atoms with Gasteiger partial charge in [0.25, 0.3) is 0 Å². The van der Waals surface area contributed by atoms with E-state index in [1.807, 2.05) is 18.2 Å². The van der Waals surface area contributed by atoms with E-state index in [-0.39, 0.29) is 24.3 Å². The lowest BCUT2D eigenvalue weighted by Crippen LogP contribution is -2.40. The summed E-state index contributed by atoms with van der Waals surface area (Å²) in [5.74, 6) is -0.147. The van der Waals surface area contributed by atoms with Crippen molar-refractivity contribution < 1.29 is 9.59 Å². The van der Waals surface area contributed by atoms with Crippen molar-refractivity contribution in [1.82, 2.24) is 15.1 Å². The van der Waals surface area contributed by atoms with Crippen LogP contribution in [0, 0.1) is 0 Å². The fraction of sp³-hybridized carbons (Fsp3) is 0.474. The van der Waals surface area contributed by atoms with E-state index in [4.69, 9.17) is 0 Å². The first-order valence-electron chi connectivity index (χ1n) is 9.05. The summed E-state index contributed by atoms with van der Waals surface area (Å²) in [6, 6.07) is 7.81. The van der Waals surface area contributed by atoms with Crippen LogP contribution in [-0.4, -0.2) is 33.5 Å². The van der Waals surface area contributed by atoms with E-state index in [1.165, 1.54) is 16.9 Å². The molecule has 2 aromatic rings. The topological polar surface area (TPSA) is 75.2 Å². The Morgan fingerprint density at radius 2 is 2.12 bits per heavy atom. The minimum atomic E-state index is -0.232. The number of hydrogen-bond donors (Lipinski definition) is 1. The summed E-state index contributed by atoms with van der Waals surface area (Å²) < 4.78 is 0. The molecule has 0 saturated carbocycles. The van der Waals surface area contributed by atoms with Crippen molar-refractivity contribution in [2.45, 2.75) is 52.0 Å². The van der Waals surface area contributed by atoms with Crippen LogP contribution in [0.4, 0.5) is 5.13 Å². The van der Waals surface area contributed by atoms with Crippen LogP contribution in [0.2, 0.25) is 0 Å². The van der Waals surface area contributed by atoms with E-state index < -0.39 is 0 Å². The standard InChI is InChI=1S/C19H24N4O2S/c1-3-4-9-18-21-22-19(26-18)20-17(25)12-16-15-8-6-5-7-14(15)10-11-23(16)13(2)24/h5-8,16H,3-4,9-12H2,1-2H3,(H,20,22,25). The van der Waals surface area contributed by atoms with Crippen molar-refractivity contribution in [3.63, 3.8) is 0 Å². The average molecular weight is 372 g/mol. The quantitative estimate of drug-likeness (QED) is 0.844. The predicted octanol–water partition coefficient (Wildman–Crippen LogP) is 3.36. The Morgan fingerprint density at radius 1 is 1.31 bits per heavy atom. The van der Waals surface area contributed by atoms with Gasteiger partial charge < -0.3 is 10.2 Å². The third-order valence-electron chi connectivity index (χ3n) is 4.65. The molecule has 26 heavy (non-hydrogen) atoms. The number of aryl methyl sites for hydroxylation is 1. The molecule has 2 heterocycles. The molecule has 3 rings (SSSR count). The third kappa shape index (κ3) is 4.27. The number of amides is 2. The van der Waals surface area contributed by atoms with Crippen molar-refractivity contribution in [3.05, 3.63) is 40.4 Å². The third-order valence-corrected chi connectivity index (χ3v) is 5.55. The summed E-state index contributed by atoms with van der Waals surface area (Å²) in [4.78, 5) is 26.4. The van der Waals surface area contributed by atoms with E-state index in [0.29, 0.717) is 11.7 Å². The zero-order chi connectivity index (χ0) is 18.5. The molecule has 1 N–H and O–H groups in total. The summed E-state index contributed by atoms with van der Waals surface area (Å²) in [5.41, 5.74) is 2.27. The van der Waals surface area contributed by atoms with Crippen LogP contribution in [-0.2, 0) is 22.4 Å². The van der Waals surface area contributed by atoms with Crippen LogP contribution in [0.5, 0.6) is 0 Å². The highest BCUT2D eigenvalue weighted by atomic mass is 32.1. The molecule has 1 aliphatic rings. The monoisotopic (exact) mass is 372 g/mol. The maximum atomic E-state index is 12.6. The second-order valence-electron chi connectivity index (χ2n) is 6.53. The van der Waals surface area contributed by atoms with Crippen LogP contribution >= 0.6 is 11.3 Å². The maximum Gasteiger partial charge on any atom is 0.228 e. The van der Waals surface area contributed by atoms with Crippen molar-refractivity contribution in [2.75, 3.05) is 11.9 Å². The lowest BCUT2D eigenvalue weighted by molar-refractivity contribution is -0.132. The molecule has 0 spiro atoms. The first-order chi connectivity index (χ1) is 12.6. The Labute approximate surface area is 157 Å². The summed E-state index contributed by atoms with van der Waals surface area (Å²) in [5, 5.41) is 12.5. The second-order valence-corrected chi connectivity index (χ2v) is 7.60. The smallest absolute Gasteiger partial charge is 0.228 e. The second kappa shape index (κ2) is 8.40. The Morgan fingerprint density at radius 3 is 2.88 bits per heavy atom. The SMILES string of the molecule is CCCCc1nnc(NC(=O)CC2c3ccccc3CCN2C(C)=O)s1. The number of rotatable bonds is 6. The van der Waals surface area contributed by atoms with Crippen LogP contribution in [0.3, 0.4) is 0 Å². The first kappa shape index (κ1) is 18.5. The van der Waals surface area contributed by atoms with E-state index in [1.54, 1.807) is 11.8 Å². The average Bonchev–Trinajstić information content (AvgIpc) is 3.07. The Kier molecular flexibility index (Phi) is 5.98. The number of nitrogens with zero attached hydrogens (tertiary/aromatic N) is 3. The van der Waals surface area contributed by atoms with Crippen LogP contribution in [0.1, 0.15) is 55.3 Å². The molecular weight excluding hydrogens is 348 g/mol. The zero-order valence-corrected chi connectivity index (χ0v) is 16.0. The number of fused-ring (bicyclic) bond motifs is 1. The molecule has 0 bridgehead atoms. The van der Waals surface area contributed by atoms with Gasteiger partial charge in [-0.3, -0.25) is 9.59 Å². The number of unbranched alkanes of at least 4 members (excludes halogenated alkanes) is 1. The molecule has 1 unspecified atom stereocenters. The highest BCUT2D eigenvalue weighted by Crippen LogP contribution is 2.32. The zero-order valence-electron chi connectivity index (χ0n) is 15.2. The molecule has 1 atom stereocenters. The summed E-state index contributed by atoms with van der Waals surface area (Å²) in [6.45, 7) is 4.33. The highest BCUT2D eigenvalue weighted by Gasteiger charge is 2.30. The molecule has 0 radical (unpaired) electrons. The number of hydrogen-bond acceptors (Lipinski definition) is 5. The van der Waals surface area contributed by atoms with Crippen LogP contribution in [0.15, 0.2) is 24.3 Å². The van der Waals surface area contributed by atoms with Crippen molar-refractivity contribution in [1.29, 1.82) is 0 Å². The number of aromatic nitrogens is 2. The minimum Gasteiger partial charge on any atom is -0.335 e. The largest absolute Gasteiger partial charge is 0.335 e. The Bertz CT molecular complexity index is 789. The normalized spacial score (nSPS) is 16.2. The Hall–Kier alpha value is -2.28. The minimum absolute atomic E-state index is 0.00456. The van der Waals surface area contributed by atoms with Gasteiger partial charge in [-0.15, -0.1) is 10.2 Å². The number of carbonyl (C=O) groups is 2. The number of carbonyl (C=O) groups excluding carboxylic acids is 2. The fourth-order valence-corrected chi connectivity index (χ4v) is 4.13. The number of benzene rings is 1. The lowest BCUT2D eigenvalue weighted by atomic mass is 9.90. The molecular formula is C19H24N4O2S. The van der Waals surface area contributed by atoms with Gasteiger partial charge in [0.15, 0.2) is 0 Å². The fourth-order valence-electron chi connectivity index (χ4n) is 3.33. The molecule has 0 saturated heterocycles. The van der Waals surface area contributed by atoms with Crippen molar-refractivity contribution in [2.24, 2.45) is 0 Å². The summed E-state index contributed by atoms with van der Waals surface area (Å²) in [6.07, 6.45) is 4.10. The summed E-state index contributed by atoms with van der Waals surface area (Å²) >= 11 is 1.42. The molecule has 6 nitrogen and oxygen atoms in total. The van der Waals surface area contributed by atoms with Gasteiger partial charge in [0, 0.05) is 19.9 Å². The van der Waals surface area contributed by atoms with Crippen molar-refractivity contribution >= 4 is 28.3 Å². The van der Waals surface area contributed by atoms with Gasteiger partial charge in [0.05, 0.1) is 12.5 Å². The molecule has 7 heteroatoms. The molecule has 138 valence electrons. The van der Waals surface area contributed by atoms with Gasteiger partial charge in [-0.2, -0.15) is 0 Å². The van der Waals surface area contributed by atoms with E-state index in [0.717, 1.165) is 36.3 Å². The molecule has 0 fully saturated rings. The molecule has 2 amide bonds. The summed E-state index contributed by atoms with van der Waals surface area (Å²) in [7, 11) is 0. The maximum absolute atomic E-state index is 12.6. The Balaban J connectivity index is 1.70. The number of nitrogens with one attached hydrogen (secondary N) is 1. The van der Waals surface area contributed by atoms with Gasteiger partial charge in [-0.1, -0.05) is 48.9 Å². The molecule has 0 aliphatic carbocycles. The predicted molar refractivity (Wildman–Crippen MR) is 102 cm³/mol. The lowest BCUT2D eigenvalue weighted by Gasteiger charge is -2.36. The highest BCUT2D eigenvalue weighted by molar-refractivity contribution is 7.15. The van der Waals surface area contributed by atoms with Gasteiger partial charge >= 0.3 is 0 Å². The molecule has 1 aromatic carbocycles.